The number of hydrogen-bond acceptors (Lipinski definition) is 4. The number of rotatable bonds is 7. The van der Waals surface area contributed by atoms with Gasteiger partial charge in [-0.15, -0.1) is 6.58 Å². The van der Waals surface area contributed by atoms with Crippen LogP contribution in [0.5, 0.6) is 0 Å². The van der Waals surface area contributed by atoms with E-state index in [1.165, 1.54) is 30.3 Å². The Balaban J connectivity index is 2.61. The molecule has 1 aromatic heterocycles. The summed E-state index contributed by atoms with van der Waals surface area (Å²) in [6.45, 7) is 7.00. The molecule has 0 spiro atoms. The number of benzene rings is 1. The number of carbonyl (C=O) groups is 3. The second-order valence-corrected chi connectivity index (χ2v) is 5.43. The molecule has 0 radical (unpaired) electrons. The number of ether oxygens (including phenoxy) is 1. The van der Waals surface area contributed by atoms with E-state index in [0.29, 0.717) is 11.3 Å². The lowest BCUT2D eigenvalue weighted by molar-refractivity contribution is -0.116. The molecule has 1 amide bonds. The maximum Gasteiger partial charge on any atom is 0.340 e. The van der Waals surface area contributed by atoms with Gasteiger partial charge in [0.1, 0.15) is 11.5 Å². The molecule has 2 rings (SSSR count). The van der Waals surface area contributed by atoms with Crippen LogP contribution in [-0.4, -0.2) is 35.8 Å². The monoisotopic (exact) mass is 358 g/mol. The summed E-state index contributed by atoms with van der Waals surface area (Å²) in [5.41, 5.74) is 1.08. The minimum atomic E-state index is -0.843. The molecule has 136 valence electrons. The SMILES string of the molecule is C=CCNC(=O)C(=O)c1[nH]c(C)c(C(=O)OCC)c1-c1ccc(F)cc1. The third-order valence-electron chi connectivity index (χ3n) is 3.64. The Hall–Kier alpha value is -3.22. The van der Waals surface area contributed by atoms with Crippen LogP contribution < -0.4 is 5.32 Å². The van der Waals surface area contributed by atoms with Crippen molar-refractivity contribution in [1.29, 1.82) is 0 Å². The van der Waals surface area contributed by atoms with E-state index in [2.05, 4.69) is 16.9 Å². The van der Waals surface area contributed by atoms with Gasteiger partial charge >= 0.3 is 5.97 Å². The molecule has 1 heterocycles. The zero-order chi connectivity index (χ0) is 19.3. The normalized spacial score (nSPS) is 10.3. The molecule has 0 aliphatic rings. The minimum absolute atomic E-state index is 0.0567. The largest absolute Gasteiger partial charge is 0.462 e. The Labute approximate surface area is 150 Å². The third-order valence-corrected chi connectivity index (χ3v) is 3.64. The van der Waals surface area contributed by atoms with Gasteiger partial charge in [-0.05, 0) is 31.5 Å². The second-order valence-electron chi connectivity index (χ2n) is 5.43. The number of Topliss-reactive ketones (excluding diaryl/α,β-unsaturated/α-hetero) is 1. The fourth-order valence-electron chi connectivity index (χ4n) is 2.52. The molecule has 2 N–H and O–H groups in total. The van der Waals surface area contributed by atoms with Gasteiger partial charge in [0.2, 0.25) is 0 Å². The molecule has 0 unspecified atom stereocenters. The van der Waals surface area contributed by atoms with Crippen LogP contribution in [0.2, 0.25) is 0 Å². The van der Waals surface area contributed by atoms with E-state index in [-0.39, 0.29) is 30.0 Å². The first-order valence-electron chi connectivity index (χ1n) is 7.99. The number of carbonyl (C=O) groups excluding carboxylic acids is 3. The zero-order valence-electron chi connectivity index (χ0n) is 14.5. The van der Waals surface area contributed by atoms with Crippen molar-refractivity contribution in [2.24, 2.45) is 0 Å². The van der Waals surface area contributed by atoms with Crippen LogP contribution in [0.15, 0.2) is 36.9 Å². The number of aryl methyl sites for hydroxylation is 1. The van der Waals surface area contributed by atoms with Crippen molar-refractivity contribution in [2.75, 3.05) is 13.2 Å². The van der Waals surface area contributed by atoms with Crippen LogP contribution in [0.25, 0.3) is 11.1 Å². The summed E-state index contributed by atoms with van der Waals surface area (Å²) in [5.74, 6) is -2.78. The molecule has 0 aliphatic carbocycles. The van der Waals surface area contributed by atoms with Crippen LogP contribution in [0, 0.1) is 12.7 Å². The van der Waals surface area contributed by atoms with Crippen molar-refractivity contribution in [2.45, 2.75) is 13.8 Å². The highest BCUT2D eigenvalue weighted by Gasteiger charge is 2.29. The Morgan fingerprint density at radius 2 is 1.92 bits per heavy atom. The number of ketones is 1. The molecule has 2 aromatic rings. The van der Waals surface area contributed by atoms with Crippen LogP contribution in [0.4, 0.5) is 4.39 Å². The van der Waals surface area contributed by atoms with E-state index in [9.17, 15) is 18.8 Å². The van der Waals surface area contributed by atoms with Crippen molar-refractivity contribution in [3.8, 4) is 11.1 Å². The Kier molecular flexibility index (Phi) is 6.06. The molecule has 1 aromatic carbocycles. The number of amides is 1. The maximum atomic E-state index is 13.3. The van der Waals surface area contributed by atoms with E-state index in [1.807, 2.05) is 0 Å². The first-order valence-corrected chi connectivity index (χ1v) is 7.99. The Morgan fingerprint density at radius 1 is 1.27 bits per heavy atom. The minimum Gasteiger partial charge on any atom is -0.462 e. The molecule has 6 nitrogen and oxygen atoms in total. The average molecular weight is 358 g/mol. The number of esters is 1. The third kappa shape index (κ3) is 3.88. The Bertz CT molecular complexity index is 853. The van der Waals surface area contributed by atoms with Crippen molar-refractivity contribution >= 4 is 17.7 Å². The van der Waals surface area contributed by atoms with Crippen molar-refractivity contribution in [1.82, 2.24) is 10.3 Å². The topological polar surface area (TPSA) is 88.3 Å². The molecule has 0 aliphatic heterocycles. The highest BCUT2D eigenvalue weighted by atomic mass is 19.1. The van der Waals surface area contributed by atoms with E-state index in [1.54, 1.807) is 13.8 Å². The van der Waals surface area contributed by atoms with E-state index < -0.39 is 23.5 Å². The van der Waals surface area contributed by atoms with Gasteiger partial charge in [-0.1, -0.05) is 18.2 Å². The number of hydrogen-bond donors (Lipinski definition) is 2. The molecule has 0 saturated carbocycles. The highest BCUT2D eigenvalue weighted by Crippen LogP contribution is 2.31. The number of nitrogens with one attached hydrogen (secondary N) is 2. The fraction of sp³-hybridized carbons (Fsp3) is 0.211. The molecular formula is C19H19FN2O4. The molecule has 7 heteroatoms. The first kappa shape index (κ1) is 19.1. The predicted octanol–water partition coefficient (Wildman–Crippen LogP) is 2.79. The maximum absolute atomic E-state index is 13.3. The molecule has 0 bridgehead atoms. The van der Waals surface area contributed by atoms with Gasteiger partial charge in [0.15, 0.2) is 0 Å². The summed E-state index contributed by atoms with van der Waals surface area (Å²) in [6.07, 6.45) is 1.44. The number of aromatic nitrogens is 1. The van der Waals surface area contributed by atoms with Gasteiger partial charge in [-0.3, -0.25) is 9.59 Å². The summed E-state index contributed by atoms with van der Waals surface area (Å²) in [5, 5.41) is 2.40. The van der Waals surface area contributed by atoms with Gasteiger partial charge in [-0.2, -0.15) is 0 Å². The number of H-pyrrole nitrogens is 1. The van der Waals surface area contributed by atoms with Crippen molar-refractivity contribution < 1.29 is 23.5 Å². The van der Waals surface area contributed by atoms with Crippen LogP contribution in [0.3, 0.4) is 0 Å². The van der Waals surface area contributed by atoms with Crippen molar-refractivity contribution in [3.05, 3.63) is 59.7 Å². The van der Waals surface area contributed by atoms with E-state index in [0.717, 1.165) is 0 Å². The summed E-state index contributed by atoms with van der Waals surface area (Å²) in [6, 6.07) is 5.27. The van der Waals surface area contributed by atoms with Gasteiger partial charge < -0.3 is 15.0 Å². The predicted molar refractivity (Wildman–Crippen MR) is 94.4 cm³/mol. The van der Waals surface area contributed by atoms with E-state index >= 15 is 0 Å². The first-order chi connectivity index (χ1) is 12.4. The lowest BCUT2D eigenvalue weighted by Crippen LogP contribution is -2.31. The molecule has 26 heavy (non-hydrogen) atoms. The van der Waals surface area contributed by atoms with E-state index in [4.69, 9.17) is 4.74 Å². The average Bonchev–Trinajstić information content (AvgIpc) is 2.97. The van der Waals surface area contributed by atoms with Gasteiger partial charge in [0, 0.05) is 17.8 Å². The summed E-state index contributed by atoms with van der Waals surface area (Å²) in [4.78, 5) is 39.8. The van der Waals surface area contributed by atoms with Crippen LogP contribution >= 0.6 is 0 Å². The lowest BCUT2D eigenvalue weighted by Gasteiger charge is -2.08. The highest BCUT2D eigenvalue weighted by molar-refractivity contribution is 6.43. The standard InChI is InChI=1S/C19H19FN2O4/c1-4-10-21-18(24)17(23)16-15(12-6-8-13(20)9-7-12)14(11(3)22-16)19(25)26-5-2/h4,6-9,22H,1,5,10H2,2-3H3,(H,21,24). The Morgan fingerprint density at radius 3 is 2.50 bits per heavy atom. The summed E-state index contributed by atoms with van der Waals surface area (Å²) in [7, 11) is 0. The molecule has 0 atom stereocenters. The summed E-state index contributed by atoms with van der Waals surface area (Å²) >= 11 is 0. The van der Waals surface area contributed by atoms with Gasteiger partial charge in [0.25, 0.3) is 11.7 Å². The fourth-order valence-corrected chi connectivity index (χ4v) is 2.52. The van der Waals surface area contributed by atoms with Crippen LogP contribution in [0.1, 0.15) is 33.5 Å². The molecule has 0 saturated heterocycles. The van der Waals surface area contributed by atoms with Gasteiger partial charge in [0.05, 0.1) is 12.2 Å². The lowest BCUT2D eigenvalue weighted by atomic mass is 9.98. The van der Waals surface area contributed by atoms with Crippen molar-refractivity contribution in [3.63, 3.8) is 0 Å². The second kappa shape index (κ2) is 8.24. The quantitative estimate of drug-likeness (QED) is 0.345. The zero-order valence-corrected chi connectivity index (χ0v) is 14.5. The molecular weight excluding hydrogens is 339 g/mol. The molecule has 0 fully saturated rings. The van der Waals surface area contributed by atoms with Crippen LogP contribution in [-0.2, 0) is 9.53 Å². The summed E-state index contributed by atoms with van der Waals surface area (Å²) < 4.78 is 18.3. The number of halogens is 1. The number of aromatic amines is 1. The smallest absolute Gasteiger partial charge is 0.340 e. The van der Waals surface area contributed by atoms with Gasteiger partial charge in [-0.25, -0.2) is 9.18 Å².